The highest BCUT2D eigenvalue weighted by Crippen LogP contribution is 2.16. The number of anilines is 1. The maximum Gasteiger partial charge on any atom is 0.246 e. The summed E-state index contributed by atoms with van der Waals surface area (Å²) in [4.78, 5) is 13.4. The van der Waals surface area contributed by atoms with Crippen molar-refractivity contribution >= 4 is 11.7 Å². The first-order chi connectivity index (χ1) is 8.24. The van der Waals surface area contributed by atoms with E-state index in [-0.39, 0.29) is 5.91 Å². The van der Waals surface area contributed by atoms with Crippen LogP contribution < -0.4 is 5.32 Å². The van der Waals surface area contributed by atoms with Crippen molar-refractivity contribution < 1.29 is 9.18 Å². The van der Waals surface area contributed by atoms with Crippen LogP contribution in [0.25, 0.3) is 0 Å². The monoisotopic (exact) mass is 238 g/mol. The molecular formula is C11H15FN4O. The second-order valence-corrected chi connectivity index (χ2v) is 3.81. The van der Waals surface area contributed by atoms with Gasteiger partial charge < -0.3 is 10.2 Å². The summed E-state index contributed by atoms with van der Waals surface area (Å²) in [6.45, 7) is 1.19. The Morgan fingerprint density at radius 3 is 3.18 bits per heavy atom. The van der Waals surface area contributed by atoms with Crippen LogP contribution in [0, 0.1) is 0 Å². The Bertz CT molecular complexity index is 441. The Morgan fingerprint density at radius 1 is 1.65 bits per heavy atom. The summed E-state index contributed by atoms with van der Waals surface area (Å²) in [7, 11) is 1.81. The molecule has 1 aliphatic rings. The maximum absolute atomic E-state index is 11.9. The number of alkyl halides is 1. The number of halogens is 1. The fourth-order valence-corrected chi connectivity index (χ4v) is 1.83. The molecule has 0 unspecified atom stereocenters. The first kappa shape index (κ1) is 11.6. The molecule has 2 rings (SSSR count). The molecule has 5 nitrogen and oxygen atoms in total. The van der Waals surface area contributed by atoms with Crippen molar-refractivity contribution in [2.24, 2.45) is 0 Å². The molecule has 92 valence electrons. The van der Waals surface area contributed by atoms with Gasteiger partial charge in [-0.15, -0.1) is 0 Å². The summed E-state index contributed by atoms with van der Waals surface area (Å²) in [5, 5.41) is 7.28. The number of rotatable bonds is 3. The summed E-state index contributed by atoms with van der Waals surface area (Å²) in [6, 6.07) is 1.91. The fourth-order valence-electron chi connectivity index (χ4n) is 1.83. The largest absolute Gasteiger partial charge is 0.372 e. The molecule has 6 heteroatoms. The molecule has 1 aromatic heterocycles. The third-order valence-electron chi connectivity index (χ3n) is 2.72. The van der Waals surface area contributed by atoms with E-state index < -0.39 is 6.67 Å². The van der Waals surface area contributed by atoms with Gasteiger partial charge in [0, 0.05) is 25.7 Å². The van der Waals surface area contributed by atoms with E-state index in [0.717, 1.165) is 11.5 Å². The molecule has 0 spiro atoms. The lowest BCUT2D eigenvalue weighted by Gasteiger charge is -2.26. The third-order valence-corrected chi connectivity index (χ3v) is 2.72. The number of carbonyl (C=O) groups is 1. The van der Waals surface area contributed by atoms with Crippen molar-refractivity contribution in [1.29, 1.82) is 0 Å². The number of allylic oxidation sites excluding steroid dienone is 1. The van der Waals surface area contributed by atoms with Crippen molar-refractivity contribution in [2.45, 2.75) is 13.1 Å². The van der Waals surface area contributed by atoms with Gasteiger partial charge in [0.1, 0.15) is 12.5 Å². The number of hydrogen-bond acceptors (Lipinski definition) is 3. The van der Waals surface area contributed by atoms with Crippen LogP contribution >= 0.6 is 0 Å². The van der Waals surface area contributed by atoms with Gasteiger partial charge in [0.2, 0.25) is 5.91 Å². The van der Waals surface area contributed by atoms with Crippen LogP contribution in [0.2, 0.25) is 0 Å². The smallest absolute Gasteiger partial charge is 0.246 e. The summed E-state index contributed by atoms with van der Waals surface area (Å²) < 4.78 is 13.8. The Hall–Kier alpha value is -1.85. The Labute approximate surface area is 98.9 Å². The third kappa shape index (κ3) is 2.46. The lowest BCUT2D eigenvalue weighted by Crippen LogP contribution is -2.37. The summed E-state index contributed by atoms with van der Waals surface area (Å²) in [6.07, 6.45) is 2.51. The topological polar surface area (TPSA) is 50.2 Å². The Balaban J connectivity index is 2.07. The molecule has 17 heavy (non-hydrogen) atoms. The standard InChI is InChI=1S/C11H15FN4O/c1-13-10-7-9-8-15(5-6-16(9)14-10)11(17)3-2-4-12/h2-3,7H,4-6,8H2,1H3,(H,13,14)/b3-2+. The molecule has 1 aliphatic heterocycles. The molecule has 1 N–H and O–H groups in total. The molecule has 0 atom stereocenters. The van der Waals surface area contributed by atoms with Crippen molar-refractivity contribution in [3.63, 3.8) is 0 Å². The zero-order valence-corrected chi connectivity index (χ0v) is 9.69. The predicted molar refractivity (Wildman–Crippen MR) is 62.3 cm³/mol. The molecule has 0 bridgehead atoms. The van der Waals surface area contributed by atoms with E-state index in [2.05, 4.69) is 10.4 Å². The number of nitrogens with zero attached hydrogens (tertiary/aromatic N) is 3. The van der Waals surface area contributed by atoms with E-state index in [1.165, 1.54) is 12.2 Å². The predicted octanol–water partition coefficient (Wildman–Crippen LogP) is 0.793. The first-order valence-corrected chi connectivity index (χ1v) is 5.50. The van der Waals surface area contributed by atoms with Crippen LogP contribution in [0.15, 0.2) is 18.2 Å². The molecule has 0 saturated heterocycles. The minimum absolute atomic E-state index is 0.152. The van der Waals surface area contributed by atoms with Gasteiger partial charge in [-0.3, -0.25) is 9.48 Å². The number of aromatic nitrogens is 2. The number of hydrogen-bond donors (Lipinski definition) is 1. The van der Waals surface area contributed by atoms with E-state index in [9.17, 15) is 9.18 Å². The zero-order valence-electron chi connectivity index (χ0n) is 9.69. The molecule has 2 heterocycles. The second-order valence-electron chi connectivity index (χ2n) is 3.81. The van der Waals surface area contributed by atoms with E-state index in [0.29, 0.717) is 19.6 Å². The number of nitrogens with one attached hydrogen (secondary N) is 1. The molecule has 1 amide bonds. The van der Waals surface area contributed by atoms with Crippen molar-refractivity contribution in [2.75, 3.05) is 25.6 Å². The van der Waals surface area contributed by atoms with Crippen LogP contribution in [0.5, 0.6) is 0 Å². The minimum atomic E-state index is -0.610. The van der Waals surface area contributed by atoms with E-state index in [1.54, 1.807) is 11.9 Å². The molecule has 0 saturated carbocycles. The number of carbonyl (C=O) groups excluding carboxylic acids is 1. The second kappa shape index (κ2) is 4.99. The van der Waals surface area contributed by atoms with Crippen LogP contribution in [0.3, 0.4) is 0 Å². The van der Waals surface area contributed by atoms with Crippen LogP contribution in [-0.2, 0) is 17.9 Å². The SMILES string of the molecule is CNc1cc2n(n1)CCN(C(=O)/C=C/CF)C2. The molecule has 0 radical (unpaired) electrons. The van der Waals surface area contributed by atoms with E-state index >= 15 is 0 Å². The highest BCUT2D eigenvalue weighted by atomic mass is 19.1. The molecule has 0 aliphatic carbocycles. The molecule has 0 aromatic carbocycles. The average Bonchev–Trinajstić information content (AvgIpc) is 2.77. The lowest BCUT2D eigenvalue weighted by molar-refractivity contribution is -0.127. The van der Waals surface area contributed by atoms with Gasteiger partial charge in [0.25, 0.3) is 0 Å². The molecule has 0 fully saturated rings. The summed E-state index contributed by atoms with van der Waals surface area (Å²) >= 11 is 0. The highest BCUT2D eigenvalue weighted by Gasteiger charge is 2.20. The maximum atomic E-state index is 11.9. The van der Waals surface area contributed by atoms with Gasteiger partial charge in [0.15, 0.2) is 0 Å². The van der Waals surface area contributed by atoms with E-state index in [4.69, 9.17) is 0 Å². The first-order valence-electron chi connectivity index (χ1n) is 5.50. The van der Waals surface area contributed by atoms with Gasteiger partial charge in [-0.25, -0.2) is 4.39 Å². The van der Waals surface area contributed by atoms with Crippen molar-refractivity contribution in [1.82, 2.24) is 14.7 Å². The number of amides is 1. The summed E-state index contributed by atoms with van der Waals surface area (Å²) in [5.41, 5.74) is 0.989. The van der Waals surface area contributed by atoms with Crippen LogP contribution in [-0.4, -0.2) is 40.9 Å². The van der Waals surface area contributed by atoms with Crippen LogP contribution in [0.1, 0.15) is 5.69 Å². The lowest BCUT2D eigenvalue weighted by atomic mass is 10.3. The van der Waals surface area contributed by atoms with Crippen LogP contribution in [0.4, 0.5) is 10.2 Å². The van der Waals surface area contributed by atoms with E-state index in [1.807, 2.05) is 10.7 Å². The van der Waals surface area contributed by atoms with Crippen molar-refractivity contribution in [3.8, 4) is 0 Å². The van der Waals surface area contributed by atoms with Gasteiger partial charge >= 0.3 is 0 Å². The molecule has 1 aromatic rings. The average molecular weight is 238 g/mol. The quantitative estimate of drug-likeness (QED) is 0.792. The van der Waals surface area contributed by atoms with Gasteiger partial charge in [-0.05, 0) is 6.08 Å². The fraction of sp³-hybridized carbons (Fsp3) is 0.455. The van der Waals surface area contributed by atoms with Gasteiger partial charge in [-0.2, -0.15) is 5.10 Å². The Kier molecular flexibility index (Phi) is 3.41. The van der Waals surface area contributed by atoms with Gasteiger partial charge in [-0.1, -0.05) is 0 Å². The van der Waals surface area contributed by atoms with Gasteiger partial charge in [0.05, 0.1) is 18.8 Å². The summed E-state index contributed by atoms with van der Waals surface area (Å²) in [5.74, 6) is 0.648. The zero-order chi connectivity index (χ0) is 12.3. The Morgan fingerprint density at radius 2 is 2.47 bits per heavy atom. The highest BCUT2D eigenvalue weighted by molar-refractivity contribution is 5.87. The molecular weight excluding hydrogens is 223 g/mol. The van der Waals surface area contributed by atoms with Crippen molar-refractivity contribution in [3.05, 3.63) is 23.9 Å². The number of fused-ring (bicyclic) bond motifs is 1. The normalized spacial score (nSPS) is 15.1. The minimum Gasteiger partial charge on any atom is -0.372 e.